The van der Waals surface area contributed by atoms with E-state index in [1.54, 1.807) is 12.1 Å². The predicted octanol–water partition coefficient (Wildman–Crippen LogP) is 3.08. The minimum Gasteiger partial charge on any atom is -0.317 e. The van der Waals surface area contributed by atoms with E-state index in [1.807, 2.05) is 12.1 Å². The molecule has 1 aromatic rings. The first-order valence-corrected chi connectivity index (χ1v) is 8.47. The van der Waals surface area contributed by atoms with E-state index in [0.29, 0.717) is 0 Å². The Morgan fingerprint density at radius 3 is 2.29 bits per heavy atom. The van der Waals surface area contributed by atoms with E-state index in [1.165, 1.54) is 64.0 Å². The molecule has 0 atom stereocenters. The average Bonchev–Trinajstić information content (AvgIpc) is 2.53. The molecule has 21 heavy (non-hydrogen) atoms. The SMILES string of the molecule is Fc1ccc(CC2CCN(CC3CCNCC3)CC2)cc1. The van der Waals surface area contributed by atoms with Crippen molar-refractivity contribution in [2.45, 2.75) is 32.1 Å². The van der Waals surface area contributed by atoms with Crippen LogP contribution in [-0.4, -0.2) is 37.6 Å². The quantitative estimate of drug-likeness (QED) is 0.917. The smallest absolute Gasteiger partial charge is 0.123 e. The summed E-state index contributed by atoms with van der Waals surface area (Å²) in [5.41, 5.74) is 1.29. The molecule has 2 aliphatic rings. The lowest BCUT2D eigenvalue weighted by Crippen LogP contribution is -2.40. The lowest BCUT2D eigenvalue weighted by Gasteiger charge is -2.35. The van der Waals surface area contributed by atoms with Crippen molar-refractivity contribution in [3.8, 4) is 0 Å². The Kier molecular flexibility index (Phi) is 5.26. The lowest BCUT2D eigenvalue weighted by atomic mass is 9.89. The normalized spacial score (nSPS) is 22.5. The van der Waals surface area contributed by atoms with Gasteiger partial charge in [-0.25, -0.2) is 4.39 Å². The standard InChI is InChI=1S/C18H27FN2/c19-18-3-1-15(2-4-18)13-16-7-11-21(12-8-16)14-17-5-9-20-10-6-17/h1-4,16-17,20H,5-14H2. The molecule has 3 heteroatoms. The van der Waals surface area contributed by atoms with Crippen molar-refractivity contribution in [2.24, 2.45) is 11.8 Å². The van der Waals surface area contributed by atoms with Crippen molar-refractivity contribution in [2.75, 3.05) is 32.7 Å². The Morgan fingerprint density at radius 1 is 0.952 bits per heavy atom. The fourth-order valence-corrected chi connectivity index (χ4v) is 3.76. The first-order valence-electron chi connectivity index (χ1n) is 8.47. The number of halogens is 1. The summed E-state index contributed by atoms with van der Waals surface area (Å²) in [7, 11) is 0. The molecule has 0 saturated carbocycles. The molecule has 0 amide bonds. The van der Waals surface area contributed by atoms with Gasteiger partial charge in [0, 0.05) is 6.54 Å². The van der Waals surface area contributed by atoms with Crippen molar-refractivity contribution in [3.05, 3.63) is 35.6 Å². The topological polar surface area (TPSA) is 15.3 Å². The Bertz CT molecular complexity index is 417. The largest absolute Gasteiger partial charge is 0.317 e. The molecule has 1 aromatic carbocycles. The molecule has 0 unspecified atom stereocenters. The maximum absolute atomic E-state index is 12.9. The third-order valence-corrected chi connectivity index (χ3v) is 5.12. The van der Waals surface area contributed by atoms with Crippen LogP contribution in [0.1, 0.15) is 31.2 Å². The number of nitrogens with one attached hydrogen (secondary N) is 1. The van der Waals surface area contributed by atoms with Gasteiger partial charge in [-0.05, 0) is 87.8 Å². The van der Waals surface area contributed by atoms with Crippen LogP contribution < -0.4 is 5.32 Å². The number of benzene rings is 1. The number of likely N-dealkylation sites (tertiary alicyclic amines) is 1. The monoisotopic (exact) mass is 290 g/mol. The number of hydrogen-bond donors (Lipinski definition) is 1. The summed E-state index contributed by atoms with van der Waals surface area (Å²) in [6.45, 7) is 6.19. The van der Waals surface area contributed by atoms with Crippen molar-refractivity contribution in [1.29, 1.82) is 0 Å². The minimum atomic E-state index is -0.129. The fraction of sp³-hybridized carbons (Fsp3) is 0.667. The Hall–Kier alpha value is -0.930. The zero-order valence-electron chi connectivity index (χ0n) is 12.9. The van der Waals surface area contributed by atoms with E-state index >= 15 is 0 Å². The minimum absolute atomic E-state index is 0.129. The van der Waals surface area contributed by atoms with Crippen molar-refractivity contribution in [1.82, 2.24) is 10.2 Å². The van der Waals surface area contributed by atoms with Crippen LogP contribution in [0.3, 0.4) is 0 Å². The molecule has 2 nitrogen and oxygen atoms in total. The van der Waals surface area contributed by atoms with Gasteiger partial charge in [0.05, 0.1) is 0 Å². The Morgan fingerprint density at radius 2 is 1.62 bits per heavy atom. The number of piperidine rings is 2. The van der Waals surface area contributed by atoms with E-state index in [9.17, 15) is 4.39 Å². The van der Waals surface area contributed by atoms with E-state index in [2.05, 4.69) is 10.2 Å². The molecule has 2 aliphatic heterocycles. The average molecular weight is 290 g/mol. The van der Waals surface area contributed by atoms with Crippen molar-refractivity contribution >= 4 is 0 Å². The molecule has 3 rings (SSSR count). The van der Waals surface area contributed by atoms with E-state index in [0.717, 1.165) is 18.3 Å². The molecular weight excluding hydrogens is 263 g/mol. The van der Waals surface area contributed by atoms with Gasteiger partial charge in [0.2, 0.25) is 0 Å². The summed E-state index contributed by atoms with van der Waals surface area (Å²) < 4.78 is 12.9. The van der Waals surface area contributed by atoms with Gasteiger partial charge in [0.15, 0.2) is 0 Å². The van der Waals surface area contributed by atoms with Gasteiger partial charge in [-0.2, -0.15) is 0 Å². The van der Waals surface area contributed by atoms with Crippen LogP contribution >= 0.6 is 0 Å². The molecule has 0 aromatic heterocycles. The zero-order chi connectivity index (χ0) is 14.5. The van der Waals surface area contributed by atoms with Gasteiger partial charge in [-0.15, -0.1) is 0 Å². The third kappa shape index (κ3) is 4.52. The number of hydrogen-bond acceptors (Lipinski definition) is 2. The maximum atomic E-state index is 12.9. The highest BCUT2D eigenvalue weighted by Gasteiger charge is 2.22. The van der Waals surface area contributed by atoms with Crippen LogP contribution in [0.5, 0.6) is 0 Å². The van der Waals surface area contributed by atoms with E-state index in [-0.39, 0.29) is 5.82 Å². The molecule has 0 aliphatic carbocycles. The molecule has 2 heterocycles. The van der Waals surface area contributed by atoms with E-state index < -0.39 is 0 Å². The summed E-state index contributed by atoms with van der Waals surface area (Å²) >= 11 is 0. The summed E-state index contributed by atoms with van der Waals surface area (Å²) in [5.74, 6) is 1.55. The molecule has 116 valence electrons. The highest BCUT2D eigenvalue weighted by Crippen LogP contribution is 2.23. The Balaban J connectivity index is 1.41. The summed E-state index contributed by atoms with van der Waals surface area (Å²) in [6.07, 6.45) is 6.39. The van der Waals surface area contributed by atoms with Gasteiger partial charge in [-0.1, -0.05) is 12.1 Å². The third-order valence-electron chi connectivity index (χ3n) is 5.12. The second kappa shape index (κ2) is 7.37. The molecule has 0 spiro atoms. The van der Waals surface area contributed by atoms with Crippen LogP contribution in [0, 0.1) is 17.7 Å². The summed E-state index contributed by atoms with van der Waals surface area (Å²) in [5, 5.41) is 3.45. The molecule has 1 N–H and O–H groups in total. The first kappa shape index (κ1) is 15.0. The van der Waals surface area contributed by atoms with Gasteiger partial charge < -0.3 is 10.2 Å². The second-order valence-electron chi connectivity index (χ2n) is 6.77. The Labute approximate surface area is 127 Å². The molecule has 0 radical (unpaired) electrons. The number of nitrogens with zero attached hydrogens (tertiary/aromatic N) is 1. The van der Waals surface area contributed by atoms with Crippen LogP contribution in [0.15, 0.2) is 24.3 Å². The zero-order valence-corrected chi connectivity index (χ0v) is 12.9. The van der Waals surface area contributed by atoms with Gasteiger partial charge in [0.25, 0.3) is 0 Å². The van der Waals surface area contributed by atoms with Gasteiger partial charge in [-0.3, -0.25) is 0 Å². The van der Waals surface area contributed by atoms with Gasteiger partial charge in [0.1, 0.15) is 5.82 Å². The van der Waals surface area contributed by atoms with Crippen LogP contribution in [0.25, 0.3) is 0 Å². The molecule has 0 bridgehead atoms. The van der Waals surface area contributed by atoms with Crippen LogP contribution in [0.4, 0.5) is 4.39 Å². The van der Waals surface area contributed by atoms with Gasteiger partial charge >= 0.3 is 0 Å². The van der Waals surface area contributed by atoms with Crippen molar-refractivity contribution < 1.29 is 4.39 Å². The molecular formula is C18H27FN2. The first-order chi connectivity index (χ1) is 10.3. The highest BCUT2D eigenvalue weighted by atomic mass is 19.1. The highest BCUT2D eigenvalue weighted by molar-refractivity contribution is 5.16. The lowest BCUT2D eigenvalue weighted by molar-refractivity contribution is 0.148. The summed E-state index contributed by atoms with van der Waals surface area (Å²) in [4.78, 5) is 2.66. The van der Waals surface area contributed by atoms with Crippen molar-refractivity contribution in [3.63, 3.8) is 0 Å². The van der Waals surface area contributed by atoms with Crippen LogP contribution in [0.2, 0.25) is 0 Å². The molecule has 2 saturated heterocycles. The van der Waals surface area contributed by atoms with Crippen LogP contribution in [-0.2, 0) is 6.42 Å². The van der Waals surface area contributed by atoms with E-state index in [4.69, 9.17) is 0 Å². The molecule has 2 fully saturated rings. The number of rotatable bonds is 4. The summed E-state index contributed by atoms with van der Waals surface area (Å²) in [6, 6.07) is 7.05. The maximum Gasteiger partial charge on any atom is 0.123 e. The fourth-order valence-electron chi connectivity index (χ4n) is 3.76. The predicted molar refractivity (Wildman–Crippen MR) is 84.9 cm³/mol. The second-order valence-corrected chi connectivity index (χ2v) is 6.77.